The Balaban J connectivity index is 0.000000461. The largest absolute Gasteiger partial charge is 0.0814 e. The Morgan fingerprint density at radius 1 is 1.14 bits per heavy atom. The summed E-state index contributed by atoms with van der Waals surface area (Å²) in [5.74, 6) is 1.98. The highest BCUT2D eigenvalue weighted by atomic mass is 14.4. The summed E-state index contributed by atoms with van der Waals surface area (Å²) in [6.07, 6.45) is 8.40. The molecular formula is C14H26. The van der Waals surface area contributed by atoms with Crippen molar-refractivity contribution in [3.63, 3.8) is 0 Å². The second-order valence-corrected chi connectivity index (χ2v) is 5.50. The molecule has 0 aromatic rings. The number of allylic oxidation sites excluding steroid dienone is 2. The molecule has 2 rings (SSSR count). The highest BCUT2D eigenvalue weighted by Crippen LogP contribution is 2.47. The molecule has 0 nitrogen and oxygen atoms in total. The lowest BCUT2D eigenvalue weighted by atomic mass is 9.84. The highest BCUT2D eigenvalue weighted by molar-refractivity contribution is 5.20. The summed E-state index contributed by atoms with van der Waals surface area (Å²) in [7, 11) is 0. The standard InChI is InChI=1S/C12H20.C2H6/c1-12(2,3)11-7-9-5-4-6-10(9)8-11;1-2/h7,9-10H,4-6,8H2,1-3H3;1-2H3. The van der Waals surface area contributed by atoms with E-state index in [2.05, 4.69) is 26.8 Å². The summed E-state index contributed by atoms with van der Waals surface area (Å²) < 4.78 is 0. The first-order valence-corrected chi connectivity index (χ1v) is 6.28. The van der Waals surface area contributed by atoms with Crippen molar-refractivity contribution in [2.24, 2.45) is 17.3 Å². The van der Waals surface area contributed by atoms with E-state index in [1.54, 1.807) is 5.57 Å². The maximum atomic E-state index is 2.58. The van der Waals surface area contributed by atoms with Crippen LogP contribution in [0.4, 0.5) is 0 Å². The molecule has 14 heavy (non-hydrogen) atoms. The van der Waals surface area contributed by atoms with Crippen molar-refractivity contribution in [3.8, 4) is 0 Å². The van der Waals surface area contributed by atoms with E-state index in [4.69, 9.17) is 0 Å². The molecule has 82 valence electrons. The van der Waals surface area contributed by atoms with Gasteiger partial charge in [0.15, 0.2) is 0 Å². The lowest BCUT2D eigenvalue weighted by Gasteiger charge is -2.21. The molecule has 2 aliphatic rings. The Kier molecular flexibility index (Phi) is 3.80. The van der Waals surface area contributed by atoms with Gasteiger partial charge in [-0.3, -0.25) is 0 Å². The van der Waals surface area contributed by atoms with E-state index in [-0.39, 0.29) is 0 Å². The normalized spacial score (nSPS) is 30.5. The van der Waals surface area contributed by atoms with Gasteiger partial charge in [-0.05, 0) is 36.5 Å². The molecule has 2 unspecified atom stereocenters. The average molecular weight is 194 g/mol. The van der Waals surface area contributed by atoms with Crippen molar-refractivity contribution in [1.82, 2.24) is 0 Å². The van der Waals surface area contributed by atoms with E-state index >= 15 is 0 Å². The minimum absolute atomic E-state index is 0.435. The van der Waals surface area contributed by atoms with Crippen molar-refractivity contribution in [3.05, 3.63) is 11.6 Å². The molecule has 2 atom stereocenters. The summed E-state index contributed by atoms with van der Waals surface area (Å²) in [5, 5.41) is 0. The van der Waals surface area contributed by atoms with Crippen LogP contribution in [-0.2, 0) is 0 Å². The van der Waals surface area contributed by atoms with Gasteiger partial charge in [0.1, 0.15) is 0 Å². The zero-order chi connectivity index (χ0) is 10.8. The van der Waals surface area contributed by atoms with Gasteiger partial charge in [-0.15, -0.1) is 0 Å². The Labute approximate surface area is 89.8 Å². The first kappa shape index (κ1) is 11.8. The molecule has 2 aliphatic carbocycles. The van der Waals surface area contributed by atoms with Gasteiger partial charge in [0, 0.05) is 0 Å². The maximum Gasteiger partial charge on any atom is -0.0173 e. The lowest BCUT2D eigenvalue weighted by Crippen LogP contribution is -2.08. The fourth-order valence-electron chi connectivity index (χ4n) is 2.70. The molecule has 0 radical (unpaired) electrons. The van der Waals surface area contributed by atoms with Crippen molar-refractivity contribution < 1.29 is 0 Å². The first-order chi connectivity index (χ1) is 6.57. The van der Waals surface area contributed by atoms with Gasteiger partial charge < -0.3 is 0 Å². The van der Waals surface area contributed by atoms with Crippen LogP contribution in [0.5, 0.6) is 0 Å². The van der Waals surface area contributed by atoms with E-state index in [1.807, 2.05) is 13.8 Å². The minimum Gasteiger partial charge on any atom is -0.0814 e. The lowest BCUT2D eigenvalue weighted by molar-refractivity contribution is 0.441. The third-order valence-electron chi connectivity index (χ3n) is 3.58. The smallest absolute Gasteiger partial charge is 0.0173 e. The SMILES string of the molecule is CC.CC(C)(C)C1=CC2CCCC2C1. The van der Waals surface area contributed by atoms with E-state index in [9.17, 15) is 0 Å². The third kappa shape index (κ3) is 2.40. The second kappa shape index (κ2) is 4.51. The Hall–Kier alpha value is -0.260. The van der Waals surface area contributed by atoms with E-state index < -0.39 is 0 Å². The van der Waals surface area contributed by atoms with Crippen LogP contribution in [0.15, 0.2) is 11.6 Å². The molecule has 1 fully saturated rings. The summed E-state index contributed by atoms with van der Waals surface area (Å²) in [6.45, 7) is 11.0. The van der Waals surface area contributed by atoms with Gasteiger partial charge in [0.05, 0.1) is 0 Å². The Morgan fingerprint density at radius 2 is 1.79 bits per heavy atom. The van der Waals surface area contributed by atoms with Crippen LogP contribution in [0, 0.1) is 17.3 Å². The van der Waals surface area contributed by atoms with Gasteiger partial charge in [-0.1, -0.05) is 52.7 Å². The van der Waals surface area contributed by atoms with E-state index in [0.717, 1.165) is 11.8 Å². The molecular weight excluding hydrogens is 168 g/mol. The molecule has 0 spiro atoms. The number of hydrogen-bond acceptors (Lipinski definition) is 0. The fourth-order valence-corrected chi connectivity index (χ4v) is 2.70. The molecule has 0 aromatic heterocycles. The molecule has 0 saturated heterocycles. The summed E-state index contributed by atoms with van der Waals surface area (Å²) in [6, 6.07) is 0. The van der Waals surface area contributed by atoms with Crippen LogP contribution < -0.4 is 0 Å². The predicted molar refractivity (Wildman–Crippen MR) is 64.3 cm³/mol. The quantitative estimate of drug-likeness (QED) is 0.486. The van der Waals surface area contributed by atoms with Crippen molar-refractivity contribution in [2.45, 2.75) is 60.3 Å². The zero-order valence-corrected chi connectivity index (χ0v) is 10.6. The van der Waals surface area contributed by atoms with Gasteiger partial charge in [-0.25, -0.2) is 0 Å². The summed E-state index contributed by atoms with van der Waals surface area (Å²) >= 11 is 0. The molecule has 0 N–H and O–H groups in total. The monoisotopic (exact) mass is 194 g/mol. The van der Waals surface area contributed by atoms with Gasteiger partial charge >= 0.3 is 0 Å². The number of hydrogen-bond donors (Lipinski definition) is 0. The molecule has 0 amide bonds. The molecule has 0 aliphatic heterocycles. The molecule has 0 heterocycles. The van der Waals surface area contributed by atoms with Gasteiger partial charge in [0.2, 0.25) is 0 Å². The highest BCUT2D eigenvalue weighted by Gasteiger charge is 2.34. The average Bonchev–Trinajstić information content (AvgIpc) is 2.63. The Morgan fingerprint density at radius 3 is 2.29 bits per heavy atom. The third-order valence-corrected chi connectivity index (χ3v) is 3.58. The first-order valence-electron chi connectivity index (χ1n) is 6.28. The summed E-state index contributed by atoms with van der Waals surface area (Å²) in [5.41, 5.74) is 2.15. The number of rotatable bonds is 0. The maximum absolute atomic E-state index is 2.58. The van der Waals surface area contributed by atoms with Crippen molar-refractivity contribution in [2.75, 3.05) is 0 Å². The van der Waals surface area contributed by atoms with Crippen LogP contribution in [0.3, 0.4) is 0 Å². The van der Waals surface area contributed by atoms with Crippen LogP contribution in [0.25, 0.3) is 0 Å². The molecule has 0 heteroatoms. The van der Waals surface area contributed by atoms with Gasteiger partial charge in [0.25, 0.3) is 0 Å². The van der Waals surface area contributed by atoms with Crippen LogP contribution in [0.2, 0.25) is 0 Å². The minimum atomic E-state index is 0.435. The Bertz CT molecular complexity index is 205. The number of fused-ring (bicyclic) bond motifs is 1. The van der Waals surface area contributed by atoms with E-state index in [1.165, 1.54) is 25.7 Å². The molecule has 1 saturated carbocycles. The second-order valence-electron chi connectivity index (χ2n) is 5.50. The predicted octanol–water partition coefficient (Wildman–Crippen LogP) is 4.81. The molecule has 0 bridgehead atoms. The van der Waals surface area contributed by atoms with Crippen LogP contribution in [-0.4, -0.2) is 0 Å². The topological polar surface area (TPSA) is 0 Å². The summed E-state index contributed by atoms with van der Waals surface area (Å²) in [4.78, 5) is 0. The molecule has 0 aromatic carbocycles. The van der Waals surface area contributed by atoms with Crippen molar-refractivity contribution in [1.29, 1.82) is 0 Å². The van der Waals surface area contributed by atoms with Crippen LogP contribution >= 0.6 is 0 Å². The zero-order valence-electron chi connectivity index (χ0n) is 10.6. The van der Waals surface area contributed by atoms with Crippen LogP contribution in [0.1, 0.15) is 60.3 Å². The van der Waals surface area contributed by atoms with Crippen molar-refractivity contribution >= 4 is 0 Å². The fraction of sp³-hybridized carbons (Fsp3) is 0.857. The van der Waals surface area contributed by atoms with E-state index in [0.29, 0.717) is 5.41 Å². The van der Waals surface area contributed by atoms with Gasteiger partial charge in [-0.2, -0.15) is 0 Å².